The number of carbonyl (C=O) groups is 2. The quantitative estimate of drug-likeness (QED) is 0.458. The van der Waals surface area contributed by atoms with E-state index in [1.165, 1.54) is 54.9 Å². The van der Waals surface area contributed by atoms with Gasteiger partial charge in [0.1, 0.15) is 5.75 Å². The van der Waals surface area contributed by atoms with E-state index in [1.54, 1.807) is 12.1 Å². The molecule has 2 aromatic carbocycles. The average Bonchev–Trinajstić information content (AvgIpc) is 3.37. The first-order valence-electron chi connectivity index (χ1n) is 9.73. The number of pyridine rings is 1. The largest absolute Gasteiger partial charge is 0.573 e. The first-order chi connectivity index (χ1) is 15.6. The van der Waals surface area contributed by atoms with E-state index in [2.05, 4.69) is 9.72 Å². The number of imide groups is 1. The fraction of sp³-hybridized carbons (Fsp3) is 0.174. The number of benzene rings is 2. The fourth-order valence-electron chi connectivity index (χ4n) is 4.82. The van der Waals surface area contributed by atoms with E-state index in [4.69, 9.17) is 23.2 Å². The van der Waals surface area contributed by atoms with Gasteiger partial charge in [-0.05, 0) is 53.6 Å². The van der Waals surface area contributed by atoms with E-state index in [-0.39, 0.29) is 15.7 Å². The molecule has 5 nitrogen and oxygen atoms in total. The number of amides is 2. The van der Waals surface area contributed by atoms with Gasteiger partial charge in [0.2, 0.25) is 11.8 Å². The van der Waals surface area contributed by atoms with Crippen molar-refractivity contribution >= 4 is 40.7 Å². The number of rotatable bonds is 4. The molecule has 0 spiro atoms. The van der Waals surface area contributed by atoms with Crippen molar-refractivity contribution in [3.8, 4) is 5.75 Å². The summed E-state index contributed by atoms with van der Waals surface area (Å²) < 4.78 is 41.6. The normalized spacial score (nSPS) is 24.1. The highest BCUT2D eigenvalue weighted by Crippen LogP contribution is 2.68. The molecular formula is C23H13Cl2F3N2O3. The summed E-state index contributed by atoms with van der Waals surface area (Å²) in [5, 5.41) is 0.554. The van der Waals surface area contributed by atoms with Gasteiger partial charge in [0.15, 0.2) is 0 Å². The van der Waals surface area contributed by atoms with Gasteiger partial charge in [0.05, 0.1) is 17.5 Å². The highest BCUT2D eigenvalue weighted by Gasteiger charge is 2.78. The Bertz CT molecular complexity index is 1220. The van der Waals surface area contributed by atoms with Gasteiger partial charge in [0, 0.05) is 27.9 Å². The summed E-state index contributed by atoms with van der Waals surface area (Å²) in [5.41, 5.74) is 0.450. The number of anilines is 1. The topological polar surface area (TPSA) is 59.5 Å². The molecule has 0 N–H and O–H groups in total. The molecule has 0 bridgehead atoms. The third-order valence-corrected chi connectivity index (χ3v) is 6.44. The first kappa shape index (κ1) is 21.7. The average molecular weight is 493 g/mol. The Labute approximate surface area is 195 Å². The van der Waals surface area contributed by atoms with Crippen molar-refractivity contribution in [2.75, 3.05) is 4.90 Å². The Kier molecular flexibility index (Phi) is 4.91. The maximum atomic E-state index is 13.4. The number of carbonyl (C=O) groups excluding carboxylic acids is 2. The van der Waals surface area contributed by atoms with E-state index in [9.17, 15) is 22.8 Å². The Hall–Kier alpha value is -3.10. The lowest BCUT2D eigenvalue weighted by atomic mass is 9.83. The number of ether oxygens (including phenoxy) is 1. The highest BCUT2D eigenvalue weighted by atomic mass is 35.5. The summed E-state index contributed by atoms with van der Waals surface area (Å²) in [4.78, 5) is 31.9. The molecular weight excluding hydrogens is 480 g/mol. The van der Waals surface area contributed by atoms with Gasteiger partial charge in [0.25, 0.3) is 0 Å². The van der Waals surface area contributed by atoms with Crippen LogP contribution in [0.25, 0.3) is 0 Å². The first-order valence-corrected chi connectivity index (χ1v) is 10.5. The molecule has 5 rings (SSSR count). The Morgan fingerprint density at radius 1 is 0.848 bits per heavy atom. The van der Waals surface area contributed by atoms with Gasteiger partial charge in [-0.15, -0.1) is 13.2 Å². The standard InChI is InChI=1S/C23H13Cl2F3N2O3/c24-14-9-15(25)11-16(10-14)30-20(31)18-19(21(30)32)22(18,13-5-7-29-8-6-13)12-1-3-17(4-2-12)33-23(26,27)28/h1-11,18-19H. The zero-order valence-corrected chi connectivity index (χ0v) is 18.0. The number of hydrogen-bond acceptors (Lipinski definition) is 4. The molecule has 1 saturated carbocycles. The third kappa shape index (κ3) is 3.45. The number of piperidine rings is 1. The Morgan fingerprint density at radius 3 is 1.88 bits per heavy atom. The molecule has 1 saturated heterocycles. The van der Waals surface area contributed by atoms with Gasteiger partial charge >= 0.3 is 6.36 Å². The molecule has 2 unspecified atom stereocenters. The second kappa shape index (κ2) is 7.46. The molecule has 168 valence electrons. The number of nitrogens with zero attached hydrogens (tertiary/aromatic N) is 2. The van der Waals surface area contributed by atoms with Crippen molar-refractivity contribution in [3.05, 3.63) is 88.2 Å². The van der Waals surface area contributed by atoms with Gasteiger partial charge in [-0.2, -0.15) is 0 Å². The summed E-state index contributed by atoms with van der Waals surface area (Å²) in [6, 6.07) is 13.1. The van der Waals surface area contributed by atoms with Crippen LogP contribution in [0.3, 0.4) is 0 Å². The molecule has 2 heterocycles. The van der Waals surface area contributed by atoms with Crippen molar-refractivity contribution in [2.45, 2.75) is 11.8 Å². The second-order valence-corrected chi connectivity index (χ2v) is 8.64. The molecule has 2 atom stereocenters. The monoisotopic (exact) mass is 492 g/mol. The molecule has 0 radical (unpaired) electrons. The molecule has 1 aromatic heterocycles. The van der Waals surface area contributed by atoms with E-state index in [0.717, 1.165) is 4.90 Å². The van der Waals surface area contributed by atoms with E-state index >= 15 is 0 Å². The van der Waals surface area contributed by atoms with Crippen molar-refractivity contribution in [2.24, 2.45) is 11.8 Å². The van der Waals surface area contributed by atoms with Crippen molar-refractivity contribution < 1.29 is 27.5 Å². The van der Waals surface area contributed by atoms with Gasteiger partial charge in [-0.25, -0.2) is 4.90 Å². The number of alkyl halides is 3. The third-order valence-electron chi connectivity index (χ3n) is 6.01. The van der Waals surface area contributed by atoms with Crippen molar-refractivity contribution in [1.29, 1.82) is 0 Å². The number of aromatic nitrogens is 1. The summed E-state index contributed by atoms with van der Waals surface area (Å²) in [7, 11) is 0. The summed E-state index contributed by atoms with van der Waals surface area (Å²) in [5.74, 6) is -2.74. The fourth-order valence-corrected chi connectivity index (χ4v) is 5.33. The van der Waals surface area contributed by atoms with Crippen LogP contribution in [0.15, 0.2) is 67.0 Å². The second-order valence-electron chi connectivity index (χ2n) is 7.77. The summed E-state index contributed by atoms with van der Waals surface area (Å²) >= 11 is 12.1. The minimum Gasteiger partial charge on any atom is -0.406 e. The molecule has 1 aliphatic carbocycles. The number of hydrogen-bond donors (Lipinski definition) is 0. The maximum Gasteiger partial charge on any atom is 0.573 e. The zero-order valence-electron chi connectivity index (χ0n) is 16.5. The molecule has 2 amide bonds. The van der Waals surface area contributed by atoms with Gasteiger partial charge in [-0.1, -0.05) is 35.3 Å². The van der Waals surface area contributed by atoms with Crippen LogP contribution in [0.1, 0.15) is 11.1 Å². The lowest BCUT2D eigenvalue weighted by Crippen LogP contribution is -2.39. The van der Waals surface area contributed by atoms with Crippen LogP contribution in [0.5, 0.6) is 5.75 Å². The van der Waals surface area contributed by atoms with Gasteiger partial charge < -0.3 is 4.74 Å². The minimum absolute atomic E-state index is 0.271. The van der Waals surface area contributed by atoms with E-state index in [0.29, 0.717) is 11.1 Å². The lowest BCUT2D eigenvalue weighted by molar-refractivity contribution is -0.274. The predicted molar refractivity (Wildman–Crippen MR) is 114 cm³/mol. The van der Waals surface area contributed by atoms with E-state index < -0.39 is 41.2 Å². The predicted octanol–water partition coefficient (Wildman–Crippen LogP) is 5.39. The van der Waals surface area contributed by atoms with E-state index in [1.807, 2.05) is 0 Å². The van der Waals surface area contributed by atoms with Crippen LogP contribution in [0, 0.1) is 11.8 Å². The molecule has 2 fully saturated rings. The maximum absolute atomic E-state index is 13.4. The van der Waals surface area contributed by atoms with Crippen LogP contribution in [0.4, 0.5) is 18.9 Å². The molecule has 1 aliphatic heterocycles. The lowest BCUT2D eigenvalue weighted by Gasteiger charge is -2.27. The number of fused-ring (bicyclic) bond motifs is 1. The van der Waals surface area contributed by atoms with Crippen LogP contribution in [0.2, 0.25) is 10.0 Å². The van der Waals surface area contributed by atoms with Crippen LogP contribution in [-0.2, 0) is 15.0 Å². The SMILES string of the molecule is O=C1C2C(C(=O)N1c1cc(Cl)cc(Cl)c1)C2(c1ccncc1)c1ccc(OC(F)(F)F)cc1. The van der Waals surface area contributed by atoms with Crippen molar-refractivity contribution in [1.82, 2.24) is 4.98 Å². The molecule has 10 heteroatoms. The zero-order chi connectivity index (χ0) is 23.5. The Balaban J connectivity index is 1.56. The van der Waals surface area contributed by atoms with Crippen LogP contribution in [-0.4, -0.2) is 23.2 Å². The van der Waals surface area contributed by atoms with Crippen molar-refractivity contribution in [3.63, 3.8) is 0 Å². The number of halogens is 5. The summed E-state index contributed by atoms with van der Waals surface area (Å²) in [6.07, 6.45) is -1.75. The molecule has 3 aromatic rings. The van der Waals surface area contributed by atoms with Crippen LogP contribution >= 0.6 is 23.2 Å². The smallest absolute Gasteiger partial charge is 0.406 e. The van der Waals surface area contributed by atoms with Gasteiger partial charge in [-0.3, -0.25) is 14.6 Å². The molecule has 33 heavy (non-hydrogen) atoms. The minimum atomic E-state index is -4.83. The summed E-state index contributed by atoms with van der Waals surface area (Å²) in [6.45, 7) is 0. The Morgan fingerprint density at radius 2 is 1.36 bits per heavy atom. The molecule has 2 aliphatic rings. The highest BCUT2D eigenvalue weighted by molar-refractivity contribution is 6.36. The van der Waals surface area contributed by atoms with Crippen LogP contribution < -0.4 is 9.64 Å².